The van der Waals surface area contributed by atoms with E-state index in [4.69, 9.17) is 0 Å². The zero-order valence-corrected chi connectivity index (χ0v) is 9.09. The van der Waals surface area contributed by atoms with Gasteiger partial charge < -0.3 is 0 Å². The van der Waals surface area contributed by atoms with Gasteiger partial charge >= 0.3 is 0 Å². The Kier molecular flexibility index (Phi) is 3.05. The molecule has 0 amide bonds. The Hall–Kier alpha value is -0.590. The van der Waals surface area contributed by atoms with E-state index in [1.54, 1.807) is 0 Å². The smallest absolute Gasteiger partial charge is 0.161 e. The average molecular weight is 192 g/mol. The molecule has 78 valence electrons. The van der Waals surface area contributed by atoms with E-state index >= 15 is 0 Å². The molecule has 0 aromatic heterocycles. The fraction of sp³-hybridized carbons (Fsp3) is 0.769. The van der Waals surface area contributed by atoms with Gasteiger partial charge in [-0.25, -0.2) is 0 Å². The van der Waals surface area contributed by atoms with Crippen molar-refractivity contribution in [3.63, 3.8) is 0 Å². The average Bonchev–Trinajstić information content (AvgIpc) is 3.01. The first-order valence-corrected chi connectivity index (χ1v) is 6.06. The summed E-state index contributed by atoms with van der Waals surface area (Å²) in [6, 6.07) is 0. The molecule has 0 aliphatic heterocycles. The molecule has 0 aromatic carbocycles. The van der Waals surface area contributed by atoms with Crippen molar-refractivity contribution in [2.75, 3.05) is 0 Å². The summed E-state index contributed by atoms with van der Waals surface area (Å²) in [5, 5.41) is 0. The van der Waals surface area contributed by atoms with Crippen molar-refractivity contribution in [2.45, 2.75) is 51.9 Å². The molecule has 0 heterocycles. The number of hydrogen-bond donors (Lipinski definition) is 0. The van der Waals surface area contributed by atoms with Crippen molar-refractivity contribution >= 4 is 5.78 Å². The molecule has 14 heavy (non-hydrogen) atoms. The Balaban J connectivity index is 1.93. The topological polar surface area (TPSA) is 17.1 Å². The highest BCUT2D eigenvalue weighted by molar-refractivity contribution is 5.98. The molecule has 0 bridgehead atoms. The van der Waals surface area contributed by atoms with Crippen LogP contribution in [-0.2, 0) is 4.79 Å². The minimum absolute atomic E-state index is 0.407. The summed E-state index contributed by atoms with van der Waals surface area (Å²) in [7, 11) is 0. The van der Waals surface area contributed by atoms with Gasteiger partial charge in [0, 0.05) is 5.92 Å². The lowest BCUT2D eigenvalue weighted by Crippen LogP contribution is -2.06. The Morgan fingerprint density at radius 3 is 3.00 bits per heavy atom. The number of carbonyl (C=O) groups is 1. The largest absolute Gasteiger partial charge is 0.294 e. The van der Waals surface area contributed by atoms with E-state index in [9.17, 15) is 4.79 Å². The third kappa shape index (κ3) is 2.08. The van der Waals surface area contributed by atoms with Gasteiger partial charge in [-0.15, -0.1) is 0 Å². The summed E-state index contributed by atoms with van der Waals surface area (Å²) in [5.41, 5.74) is 1.16. The second kappa shape index (κ2) is 4.29. The first-order valence-electron chi connectivity index (χ1n) is 6.06. The van der Waals surface area contributed by atoms with E-state index in [0.29, 0.717) is 17.6 Å². The number of carbonyl (C=O) groups excluding carboxylic acids is 1. The Labute approximate surface area is 86.6 Å². The van der Waals surface area contributed by atoms with Crippen molar-refractivity contribution in [3.8, 4) is 0 Å². The van der Waals surface area contributed by atoms with Gasteiger partial charge in [-0.3, -0.25) is 4.79 Å². The van der Waals surface area contributed by atoms with Gasteiger partial charge in [-0.2, -0.15) is 0 Å². The quantitative estimate of drug-likeness (QED) is 0.669. The molecule has 1 heteroatoms. The standard InChI is InChI=1S/C13H20O/c1-2-10-9-12(10)13(14)11-7-5-3-4-6-8-11/h7,10,12H,2-6,8-9H2,1H3/t10-,12-/m1/s1. The molecule has 0 unspecified atom stereocenters. The molecule has 2 aliphatic rings. The lowest BCUT2D eigenvalue weighted by atomic mass is 10.0. The molecule has 2 atom stereocenters. The highest BCUT2D eigenvalue weighted by Gasteiger charge is 2.41. The second-order valence-electron chi connectivity index (χ2n) is 4.70. The monoisotopic (exact) mass is 192 g/mol. The highest BCUT2D eigenvalue weighted by Crippen LogP contribution is 2.43. The lowest BCUT2D eigenvalue weighted by Gasteiger charge is -2.02. The van der Waals surface area contributed by atoms with Crippen LogP contribution in [0.4, 0.5) is 0 Å². The van der Waals surface area contributed by atoms with Crippen molar-refractivity contribution in [1.82, 2.24) is 0 Å². The van der Waals surface area contributed by atoms with E-state index < -0.39 is 0 Å². The second-order valence-corrected chi connectivity index (χ2v) is 4.70. The minimum Gasteiger partial charge on any atom is -0.294 e. The lowest BCUT2D eigenvalue weighted by molar-refractivity contribution is -0.117. The first kappa shape index (κ1) is 9.95. The minimum atomic E-state index is 0.407. The molecule has 0 N–H and O–H groups in total. The number of ketones is 1. The Morgan fingerprint density at radius 1 is 1.43 bits per heavy atom. The third-order valence-electron chi connectivity index (χ3n) is 3.64. The van der Waals surface area contributed by atoms with Gasteiger partial charge in [-0.1, -0.05) is 25.8 Å². The van der Waals surface area contributed by atoms with Crippen molar-refractivity contribution in [2.24, 2.45) is 11.8 Å². The number of rotatable bonds is 3. The SMILES string of the molecule is CC[C@@H]1C[C@H]1C(=O)C1=CCCCCC1. The van der Waals surface area contributed by atoms with Gasteiger partial charge in [-0.05, 0) is 43.6 Å². The molecule has 2 rings (SSSR count). The third-order valence-corrected chi connectivity index (χ3v) is 3.64. The van der Waals surface area contributed by atoms with Gasteiger partial charge in [0.05, 0.1) is 0 Å². The maximum absolute atomic E-state index is 12.0. The van der Waals surface area contributed by atoms with Crippen molar-refractivity contribution < 1.29 is 4.79 Å². The summed E-state index contributed by atoms with van der Waals surface area (Å²) < 4.78 is 0. The molecule has 0 saturated heterocycles. The molecular weight excluding hydrogens is 172 g/mol. The Morgan fingerprint density at radius 2 is 2.29 bits per heavy atom. The van der Waals surface area contributed by atoms with E-state index in [2.05, 4.69) is 13.0 Å². The van der Waals surface area contributed by atoms with Crippen molar-refractivity contribution in [1.29, 1.82) is 0 Å². The summed E-state index contributed by atoms with van der Waals surface area (Å²) in [4.78, 5) is 12.0. The van der Waals surface area contributed by atoms with Crippen LogP contribution < -0.4 is 0 Å². The van der Waals surface area contributed by atoms with Crippen LogP contribution in [0.3, 0.4) is 0 Å². The molecule has 1 saturated carbocycles. The van der Waals surface area contributed by atoms with Crippen LogP contribution in [0, 0.1) is 11.8 Å². The predicted molar refractivity (Wildman–Crippen MR) is 58.1 cm³/mol. The molecular formula is C13H20O. The molecule has 0 radical (unpaired) electrons. The van der Waals surface area contributed by atoms with Gasteiger partial charge in [0.2, 0.25) is 0 Å². The maximum Gasteiger partial charge on any atom is 0.161 e. The van der Waals surface area contributed by atoms with Crippen molar-refractivity contribution in [3.05, 3.63) is 11.6 Å². The van der Waals surface area contributed by atoms with Crippen LogP contribution in [0.2, 0.25) is 0 Å². The van der Waals surface area contributed by atoms with Gasteiger partial charge in [0.1, 0.15) is 0 Å². The molecule has 2 aliphatic carbocycles. The maximum atomic E-state index is 12.0. The van der Waals surface area contributed by atoms with Crippen LogP contribution in [0.15, 0.2) is 11.6 Å². The number of Topliss-reactive ketones (excluding diaryl/α,β-unsaturated/α-hetero) is 1. The van der Waals surface area contributed by atoms with Crippen LogP contribution >= 0.6 is 0 Å². The molecule has 0 aromatic rings. The number of allylic oxidation sites excluding steroid dienone is 2. The number of hydrogen-bond acceptors (Lipinski definition) is 1. The zero-order chi connectivity index (χ0) is 9.97. The Bertz CT molecular complexity index is 252. The van der Waals surface area contributed by atoms with E-state index in [-0.39, 0.29) is 0 Å². The van der Waals surface area contributed by atoms with E-state index in [1.165, 1.54) is 25.7 Å². The molecule has 1 nitrogen and oxygen atoms in total. The molecule has 1 fully saturated rings. The normalized spacial score (nSPS) is 31.9. The van der Waals surface area contributed by atoms with E-state index in [1.807, 2.05) is 0 Å². The summed E-state index contributed by atoms with van der Waals surface area (Å²) in [6.07, 6.45) is 10.5. The zero-order valence-electron chi connectivity index (χ0n) is 9.09. The summed E-state index contributed by atoms with van der Waals surface area (Å²) >= 11 is 0. The van der Waals surface area contributed by atoms with E-state index in [0.717, 1.165) is 24.8 Å². The predicted octanol–water partition coefficient (Wildman–Crippen LogP) is 3.49. The van der Waals surface area contributed by atoms with Gasteiger partial charge in [0.25, 0.3) is 0 Å². The highest BCUT2D eigenvalue weighted by atomic mass is 16.1. The fourth-order valence-electron chi connectivity index (χ4n) is 2.50. The summed E-state index contributed by atoms with van der Waals surface area (Å²) in [6.45, 7) is 2.19. The van der Waals surface area contributed by atoms with Crippen LogP contribution in [0.1, 0.15) is 51.9 Å². The van der Waals surface area contributed by atoms with Crippen LogP contribution in [-0.4, -0.2) is 5.78 Å². The summed E-state index contributed by atoms with van der Waals surface area (Å²) in [5.74, 6) is 1.61. The van der Waals surface area contributed by atoms with Crippen LogP contribution in [0.5, 0.6) is 0 Å². The molecule has 0 spiro atoms. The van der Waals surface area contributed by atoms with Gasteiger partial charge in [0.15, 0.2) is 5.78 Å². The first-order chi connectivity index (χ1) is 6.83. The van der Waals surface area contributed by atoms with Crippen LogP contribution in [0.25, 0.3) is 0 Å². The fourth-order valence-corrected chi connectivity index (χ4v) is 2.50.